The van der Waals surface area contributed by atoms with E-state index in [4.69, 9.17) is 16.6 Å². The normalized spacial score (nSPS) is 28.5. The summed E-state index contributed by atoms with van der Waals surface area (Å²) in [5.74, 6) is 1.92. The van der Waals surface area contributed by atoms with Crippen molar-refractivity contribution >= 4 is 11.6 Å². The number of aryl methyl sites for hydroxylation is 2. The first kappa shape index (κ1) is 14.9. The fraction of sp³-hybridized carbons (Fsp3) is 0.476. The molecule has 5 rings (SSSR count). The summed E-state index contributed by atoms with van der Waals surface area (Å²) in [6, 6.07) is 8.83. The van der Waals surface area contributed by atoms with Crippen LogP contribution in [0.25, 0.3) is 0 Å². The molecule has 1 fully saturated rings. The summed E-state index contributed by atoms with van der Waals surface area (Å²) in [5.41, 5.74) is 7.32. The maximum Gasteiger partial charge on any atom is 0.0513 e. The molecule has 1 saturated heterocycles. The highest BCUT2D eigenvalue weighted by molar-refractivity contribution is 6.30. The van der Waals surface area contributed by atoms with E-state index in [1.54, 1.807) is 5.56 Å². The Labute approximate surface area is 148 Å². The van der Waals surface area contributed by atoms with Gasteiger partial charge in [0.2, 0.25) is 0 Å². The summed E-state index contributed by atoms with van der Waals surface area (Å²) in [6.07, 6.45) is 6.62. The van der Waals surface area contributed by atoms with E-state index in [-0.39, 0.29) is 0 Å². The fourth-order valence-corrected chi connectivity index (χ4v) is 5.71. The first-order chi connectivity index (χ1) is 11.7. The lowest BCUT2D eigenvalue weighted by Crippen LogP contribution is -2.44. The summed E-state index contributed by atoms with van der Waals surface area (Å²) in [7, 11) is 2.26. The van der Waals surface area contributed by atoms with Crippen molar-refractivity contribution in [2.45, 2.75) is 31.6 Å². The second kappa shape index (κ2) is 5.57. The third-order valence-corrected chi connectivity index (χ3v) is 6.64. The van der Waals surface area contributed by atoms with Gasteiger partial charge >= 0.3 is 0 Å². The van der Waals surface area contributed by atoms with Crippen LogP contribution in [-0.4, -0.2) is 30.0 Å². The van der Waals surface area contributed by atoms with Crippen LogP contribution in [0.3, 0.4) is 0 Å². The maximum absolute atomic E-state index is 6.47. The van der Waals surface area contributed by atoms with Crippen LogP contribution in [0.15, 0.2) is 30.5 Å². The predicted molar refractivity (Wildman–Crippen MR) is 97.7 cm³/mol. The van der Waals surface area contributed by atoms with Gasteiger partial charge in [-0.15, -0.1) is 0 Å². The molecule has 2 aliphatic carbocycles. The monoisotopic (exact) mass is 338 g/mol. The van der Waals surface area contributed by atoms with Crippen LogP contribution in [0, 0.1) is 11.8 Å². The molecule has 0 N–H and O–H groups in total. The Morgan fingerprint density at radius 2 is 2.00 bits per heavy atom. The van der Waals surface area contributed by atoms with Gasteiger partial charge in [0.05, 0.1) is 5.69 Å². The third-order valence-electron chi connectivity index (χ3n) is 6.42. The zero-order chi connectivity index (χ0) is 16.3. The zero-order valence-electron chi connectivity index (χ0n) is 14.1. The summed E-state index contributed by atoms with van der Waals surface area (Å²) in [4.78, 5) is 7.39. The van der Waals surface area contributed by atoms with Gasteiger partial charge in [0.15, 0.2) is 0 Å². The number of aromatic nitrogens is 1. The van der Waals surface area contributed by atoms with E-state index in [0.717, 1.165) is 29.7 Å². The van der Waals surface area contributed by atoms with Gasteiger partial charge < -0.3 is 4.90 Å². The summed E-state index contributed by atoms with van der Waals surface area (Å²) < 4.78 is 0. The predicted octanol–water partition coefficient (Wildman–Crippen LogP) is 4.09. The SMILES string of the molecule is CN1CCC2[C@@H](Cc3cc(Cl)cc4c3[C@@H]2c2ncccc2CC4)C1. The highest BCUT2D eigenvalue weighted by atomic mass is 35.5. The van der Waals surface area contributed by atoms with Gasteiger partial charge in [0.1, 0.15) is 0 Å². The molecule has 1 aromatic heterocycles. The second-order valence-corrected chi connectivity index (χ2v) is 8.28. The van der Waals surface area contributed by atoms with Crippen molar-refractivity contribution in [1.29, 1.82) is 0 Å². The van der Waals surface area contributed by atoms with E-state index in [2.05, 4.69) is 36.2 Å². The van der Waals surface area contributed by atoms with Crippen LogP contribution in [-0.2, 0) is 19.3 Å². The van der Waals surface area contributed by atoms with Crippen molar-refractivity contribution < 1.29 is 0 Å². The van der Waals surface area contributed by atoms with Crippen molar-refractivity contribution in [2.75, 3.05) is 20.1 Å². The molecule has 0 spiro atoms. The molecular weight excluding hydrogens is 316 g/mol. The van der Waals surface area contributed by atoms with E-state index < -0.39 is 0 Å². The van der Waals surface area contributed by atoms with Gasteiger partial charge in [-0.3, -0.25) is 4.98 Å². The van der Waals surface area contributed by atoms with Gasteiger partial charge in [0, 0.05) is 23.7 Å². The van der Waals surface area contributed by atoms with Crippen molar-refractivity contribution in [2.24, 2.45) is 11.8 Å². The van der Waals surface area contributed by atoms with Crippen molar-refractivity contribution in [1.82, 2.24) is 9.88 Å². The van der Waals surface area contributed by atoms with E-state index in [1.165, 1.54) is 48.3 Å². The molecule has 0 amide bonds. The molecule has 2 heterocycles. The van der Waals surface area contributed by atoms with Crippen molar-refractivity contribution in [3.05, 3.63) is 63.4 Å². The lowest BCUT2D eigenvalue weighted by atomic mass is 9.64. The Hall–Kier alpha value is -1.38. The number of hydrogen-bond donors (Lipinski definition) is 0. The second-order valence-electron chi connectivity index (χ2n) is 7.84. The quantitative estimate of drug-likeness (QED) is 0.719. The van der Waals surface area contributed by atoms with Gasteiger partial charge in [-0.05, 0) is 91.6 Å². The molecule has 2 aromatic rings. The minimum absolute atomic E-state index is 0.471. The number of nitrogens with zero attached hydrogens (tertiary/aromatic N) is 2. The lowest BCUT2D eigenvalue weighted by molar-refractivity contribution is 0.121. The number of benzene rings is 1. The number of hydrogen-bond acceptors (Lipinski definition) is 2. The molecule has 3 aliphatic rings. The number of rotatable bonds is 0. The first-order valence-electron chi connectivity index (χ1n) is 9.14. The Morgan fingerprint density at radius 1 is 1.17 bits per heavy atom. The first-order valence-corrected chi connectivity index (χ1v) is 9.52. The molecular formula is C21H23ClN2. The van der Waals surface area contributed by atoms with E-state index in [9.17, 15) is 0 Å². The molecule has 1 aliphatic heterocycles. The van der Waals surface area contributed by atoms with Crippen LogP contribution in [0.5, 0.6) is 0 Å². The Bertz CT molecular complexity index is 800. The summed E-state index contributed by atoms with van der Waals surface area (Å²) in [6.45, 7) is 2.41. The van der Waals surface area contributed by atoms with Gasteiger partial charge in [0.25, 0.3) is 0 Å². The lowest BCUT2D eigenvalue weighted by Gasteiger charge is -2.45. The minimum atomic E-state index is 0.471. The van der Waals surface area contributed by atoms with E-state index >= 15 is 0 Å². The molecule has 0 bridgehead atoms. The topological polar surface area (TPSA) is 16.1 Å². The standard InChI is InChI=1S/C21H23ClN2/c1-24-8-6-18-16(12-24)9-15-11-17(22)10-14-5-4-13-3-2-7-23-21(13)20(18)19(14)15/h2-3,7,10-11,16,18,20H,4-6,8-9,12H2,1H3/t16-,18?,20+/m0/s1. The van der Waals surface area contributed by atoms with Gasteiger partial charge in [-0.1, -0.05) is 17.7 Å². The maximum atomic E-state index is 6.47. The van der Waals surface area contributed by atoms with Crippen LogP contribution < -0.4 is 0 Å². The fourth-order valence-electron chi connectivity index (χ4n) is 5.45. The van der Waals surface area contributed by atoms with Crippen LogP contribution in [0.2, 0.25) is 5.02 Å². The van der Waals surface area contributed by atoms with Crippen molar-refractivity contribution in [3.8, 4) is 0 Å². The van der Waals surface area contributed by atoms with E-state index in [0.29, 0.717) is 5.92 Å². The third kappa shape index (κ3) is 2.23. The highest BCUT2D eigenvalue weighted by Gasteiger charge is 2.43. The number of likely N-dealkylation sites (tertiary alicyclic amines) is 1. The number of pyridine rings is 1. The number of piperidine rings is 1. The van der Waals surface area contributed by atoms with Crippen LogP contribution >= 0.6 is 11.6 Å². The minimum Gasteiger partial charge on any atom is -0.306 e. The van der Waals surface area contributed by atoms with Crippen molar-refractivity contribution in [3.63, 3.8) is 0 Å². The largest absolute Gasteiger partial charge is 0.306 e. The summed E-state index contributed by atoms with van der Waals surface area (Å²) >= 11 is 6.47. The molecule has 124 valence electrons. The molecule has 3 atom stereocenters. The van der Waals surface area contributed by atoms with Crippen LogP contribution in [0.1, 0.15) is 40.3 Å². The molecule has 24 heavy (non-hydrogen) atoms. The zero-order valence-corrected chi connectivity index (χ0v) is 14.9. The van der Waals surface area contributed by atoms with Gasteiger partial charge in [-0.2, -0.15) is 0 Å². The Balaban J connectivity index is 1.74. The van der Waals surface area contributed by atoms with Gasteiger partial charge in [-0.25, -0.2) is 0 Å². The molecule has 0 radical (unpaired) electrons. The molecule has 1 unspecified atom stereocenters. The Kier molecular flexibility index (Phi) is 3.46. The molecule has 0 saturated carbocycles. The summed E-state index contributed by atoms with van der Waals surface area (Å²) in [5, 5.41) is 0.907. The molecule has 1 aromatic carbocycles. The molecule has 3 heteroatoms. The highest BCUT2D eigenvalue weighted by Crippen LogP contribution is 2.50. The van der Waals surface area contributed by atoms with E-state index in [1.807, 2.05) is 6.20 Å². The number of halogens is 1. The number of fused-ring (bicyclic) bond motifs is 4. The average molecular weight is 339 g/mol. The molecule has 2 nitrogen and oxygen atoms in total. The Morgan fingerprint density at radius 3 is 2.92 bits per heavy atom. The smallest absolute Gasteiger partial charge is 0.0513 e. The average Bonchev–Trinajstić information content (AvgIpc) is 2.73. The van der Waals surface area contributed by atoms with Crippen LogP contribution in [0.4, 0.5) is 0 Å².